The molecule has 2 aromatic carbocycles. The van der Waals surface area contributed by atoms with Crippen LogP contribution in [0.1, 0.15) is 36.1 Å². The lowest BCUT2D eigenvalue weighted by molar-refractivity contribution is -0.141. The van der Waals surface area contributed by atoms with Crippen molar-refractivity contribution in [2.75, 3.05) is 30.0 Å². The van der Waals surface area contributed by atoms with Crippen molar-refractivity contribution in [3.63, 3.8) is 0 Å². The summed E-state index contributed by atoms with van der Waals surface area (Å²) in [5, 5.41) is 12.1. The van der Waals surface area contributed by atoms with Crippen LogP contribution in [0.5, 0.6) is 0 Å². The number of benzene rings is 2. The molecule has 1 amide bonds. The van der Waals surface area contributed by atoms with Crippen molar-refractivity contribution in [1.82, 2.24) is 0 Å². The van der Waals surface area contributed by atoms with E-state index in [-0.39, 0.29) is 18.5 Å². The standard InChI is InChI=1S/C24H29N2O3P/c1-5-30(6-2,17-23(28)29-15-20-10-8-7-9-11-20)16-22(27)26-24-18(3)12-21(14-25)13-19(24)4/h7-13H,5-6,15-17H2,1-4H3/p+1. The van der Waals surface area contributed by atoms with Crippen molar-refractivity contribution in [2.45, 2.75) is 34.3 Å². The van der Waals surface area contributed by atoms with Crippen molar-refractivity contribution < 1.29 is 14.3 Å². The van der Waals surface area contributed by atoms with Crippen molar-refractivity contribution >= 4 is 24.8 Å². The van der Waals surface area contributed by atoms with E-state index in [4.69, 9.17) is 10.00 Å². The lowest BCUT2D eigenvalue weighted by atomic mass is 10.0. The second-order valence-electron chi connectivity index (χ2n) is 7.58. The number of nitrogens with one attached hydrogen (secondary N) is 1. The molecule has 0 aliphatic heterocycles. The minimum absolute atomic E-state index is 0.0844. The van der Waals surface area contributed by atoms with Gasteiger partial charge in [0.2, 0.25) is 0 Å². The number of hydrogen-bond acceptors (Lipinski definition) is 4. The Hall–Kier alpha value is -2.70. The number of nitrogens with zero attached hydrogens (tertiary/aromatic N) is 1. The smallest absolute Gasteiger partial charge is 0.344 e. The molecule has 0 aliphatic carbocycles. The number of ether oxygens (including phenoxy) is 1. The Labute approximate surface area is 179 Å². The average Bonchev–Trinajstić information content (AvgIpc) is 2.74. The molecule has 6 heteroatoms. The fourth-order valence-corrected chi connectivity index (χ4v) is 6.27. The number of carbonyl (C=O) groups is 2. The van der Waals surface area contributed by atoms with Crippen LogP contribution in [0.4, 0.5) is 5.69 Å². The molecule has 2 aromatic rings. The number of hydrogen-bond donors (Lipinski definition) is 1. The first-order valence-electron chi connectivity index (χ1n) is 10.2. The average molecular weight is 425 g/mol. The number of nitriles is 1. The molecular weight excluding hydrogens is 395 g/mol. The third kappa shape index (κ3) is 6.40. The summed E-state index contributed by atoms with van der Waals surface area (Å²) in [5.41, 5.74) is 3.99. The first-order valence-corrected chi connectivity index (χ1v) is 12.7. The summed E-state index contributed by atoms with van der Waals surface area (Å²) >= 11 is 0. The zero-order chi connectivity index (χ0) is 22.1. The van der Waals surface area contributed by atoms with Crippen molar-refractivity contribution in [1.29, 1.82) is 5.26 Å². The minimum Gasteiger partial charge on any atom is -0.458 e. The fraction of sp³-hybridized carbons (Fsp3) is 0.375. The molecule has 0 aliphatic rings. The van der Waals surface area contributed by atoms with Crippen LogP contribution in [0.2, 0.25) is 0 Å². The highest BCUT2D eigenvalue weighted by molar-refractivity contribution is 7.77. The molecule has 2 rings (SSSR count). The Bertz CT molecular complexity index is 908. The highest BCUT2D eigenvalue weighted by Crippen LogP contribution is 2.58. The van der Waals surface area contributed by atoms with E-state index in [9.17, 15) is 9.59 Å². The summed E-state index contributed by atoms with van der Waals surface area (Å²) in [7, 11) is -1.81. The highest BCUT2D eigenvalue weighted by atomic mass is 31.2. The van der Waals surface area contributed by atoms with Crippen LogP contribution in [0.15, 0.2) is 42.5 Å². The van der Waals surface area contributed by atoms with Crippen molar-refractivity contribution in [3.8, 4) is 6.07 Å². The second kappa shape index (κ2) is 10.9. The zero-order valence-electron chi connectivity index (χ0n) is 18.2. The van der Waals surface area contributed by atoms with Crippen LogP contribution < -0.4 is 5.32 Å². The SMILES string of the molecule is CC[P+](CC)(CC(=O)Nc1c(C)cc(C#N)cc1C)CC(=O)OCc1ccccc1. The minimum atomic E-state index is -1.81. The molecular formula is C24H30N2O3P+. The monoisotopic (exact) mass is 425 g/mol. The number of esters is 1. The Balaban J connectivity index is 2.03. The molecule has 5 nitrogen and oxygen atoms in total. The molecule has 0 spiro atoms. The maximum atomic E-state index is 12.9. The van der Waals surface area contributed by atoms with E-state index >= 15 is 0 Å². The van der Waals surface area contributed by atoms with Gasteiger partial charge in [-0.2, -0.15) is 5.26 Å². The van der Waals surface area contributed by atoms with Gasteiger partial charge in [-0.3, -0.25) is 4.79 Å². The molecule has 158 valence electrons. The van der Waals surface area contributed by atoms with Gasteiger partial charge in [0, 0.05) is 12.9 Å². The number of rotatable bonds is 9. The molecule has 0 radical (unpaired) electrons. The van der Waals surface area contributed by atoms with Crippen LogP contribution in [-0.2, 0) is 20.9 Å². The molecule has 0 unspecified atom stereocenters. The molecule has 1 N–H and O–H groups in total. The van der Waals surface area contributed by atoms with Crippen LogP contribution in [0.3, 0.4) is 0 Å². The summed E-state index contributed by atoms with van der Waals surface area (Å²) in [4.78, 5) is 25.4. The Morgan fingerprint density at radius 1 is 1.03 bits per heavy atom. The van der Waals surface area contributed by atoms with Gasteiger partial charge in [-0.05, 0) is 56.5 Å². The van der Waals surface area contributed by atoms with Gasteiger partial charge in [-0.15, -0.1) is 0 Å². The van der Waals surface area contributed by atoms with Crippen LogP contribution in [-0.4, -0.2) is 36.5 Å². The van der Waals surface area contributed by atoms with Crippen LogP contribution >= 0.6 is 7.26 Å². The maximum absolute atomic E-state index is 12.9. The number of amides is 1. The topological polar surface area (TPSA) is 79.2 Å². The van der Waals surface area contributed by atoms with Gasteiger partial charge in [0.05, 0.1) is 24.0 Å². The summed E-state index contributed by atoms with van der Waals surface area (Å²) in [6.07, 6.45) is 2.27. The normalized spacial score (nSPS) is 10.9. The summed E-state index contributed by atoms with van der Waals surface area (Å²) < 4.78 is 5.48. The first-order chi connectivity index (χ1) is 14.3. The van der Waals surface area contributed by atoms with E-state index in [0.717, 1.165) is 34.7 Å². The predicted octanol–water partition coefficient (Wildman–Crippen LogP) is 4.91. The first kappa shape index (κ1) is 23.6. The van der Waals surface area contributed by atoms with Gasteiger partial charge in [0.1, 0.15) is 12.8 Å². The largest absolute Gasteiger partial charge is 0.458 e. The van der Waals surface area contributed by atoms with Crippen molar-refractivity contribution in [2.24, 2.45) is 0 Å². The van der Waals surface area contributed by atoms with Gasteiger partial charge < -0.3 is 10.1 Å². The molecule has 0 bridgehead atoms. The van der Waals surface area contributed by atoms with Crippen LogP contribution in [0, 0.1) is 25.2 Å². The number of anilines is 1. The third-order valence-corrected chi connectivity index (χ3v) is 10.0. The maximum Gasteiger partial charge on any atom is 0.344 e. The third-order valence-electron chi connectivity index (χ3n) is 5.45. The predicted molar refractivity (Wildman–Crippen MR) is 123 cm³/mol. The van der Waals surface area contributed by atoms with Gasteiger partial charge in [0.25, 0.3) is 5.91 Å². The zero-order valence-corrected chi connectivity index (χ0v) is 19.1. The van der Waals surface area contributed by atoms with E-state index in [1.165, 1.54) is 0 Å². The molecule has 0 atom stereocenters. The molecule has 0 aromatic heterocycles. The molecule has 0 fully saturated rings. The van der Waals surface area contributed by atoms with E-state index in [1.54, 1.807) is 12.1 Å². The number of aryl methyl sites for hydroxylation is 2. The van der Waals surface area contributed by atoms with E-state index in [1.807, 2.05) is 58.0 Å². The molecule has 0 saturated heterocycles. The molecule has 30 heavy (non-hydrogen) atoms. The molecule has 0 heterocycles. The Kier molecular flexibility index (Phi) is 8.57. The van der Waals surface area contributed by atoms with Gasteiger partial charge in [0.15, 0.2) is 6.16 Å². The lowest BCUT2D eigenvalue weighted by Crippen LogP contribution is -2.26. The fourth-order valence-electron chi connectivity index (χ4n) is 3.49. The Morgan fingerprint density at radius 2 is 1.63 bits per heavy atom. The quantitative estimate of drug-likeness (QED) is 0.457. The van der Waals surface area contributed by atoms with E-state index < -0.39 is 7.26 Å². The van der Waals surface area contributed by atoms with Gasteiger partial charge >= 0.3 is 5.97 Å². The number of carbonyl (C=O) groups excluding carboxylic acids is 2. The van der Waals surface area contributed by atoms with Crippen molar-refractivity contribution in [3.05, 3.63) is 64.7 Å². The second-order valence-corrected chi connectivity index (χ2v) is 12.2. The lowest BCUT2D eigenvalue weighted by Gasteiger charge is -2.24. The molecule has 0 saturated carbocycles. The highest BCUT2D eigenvalue weighted by Gasteiger charge is 2.39. The summed E-state index contributed by atoms with van der Waals surface area (Å²) in [6, 6.07) is 15.3. The van der Waals surface area contributed by atoms with Crippen LogP contribution in [0.25, 0.3) is 0 Å². The van der Waals surface area contributed by atoms with Gasteiger partial charge in [-0.1, -0.05) is 30.3 Å². The van der Waals surface area contributed by atoms with Gasteiger partial charge in [-0.25, -0.2) is 4.79 Å². The van der Waals surface area contributed by atoms with E-state index in [2.05, 4.69) is 11.4 Å². The summed E-state index contributed by atoms with van der Waals surface area (Å²) in [6.45, 7) is 8.11. The van der Waals surface area contributed by atoms with E-state index in [0.29, 0.717) is 17.9 Å². The summed E-state index contributed by atoms with van der Waals surface area (Å²) in [5.74, 6) is -0.326. The Morgan fingerprint density at radius 3 is 2.17 bits per heavy atom.